The van der Waals surface area contributed by atoms with E-state index in [9.17, 15) is 27.2 Å². The van der Waals surface area contributed by atoms with E-state index < -0.39 is 34.9 Å². The van der Waals surface area contributed by atoms with Gasteiger partial charge in [-0.3, -0.25) is 4.98 Å². The van der Waals surface area contributed by atoms with Gasteiger partial charge in [-0.1, -0.05) is 6.07 Å². The summed E-state index contributed by atoms with van der Waals surface area (Å²) in [4.78, 5) is 23.5. The van der Waals surface area contributed by atoms with Crippen LogP contribution in [0.25, 0.3) is 11.5 Å². The van der Waals surface area contributed by atoms with Gasteiger partial charge in [0.1, 0.15) is 17.1 Å². The highest BCUT2D eigenvalue weighted by Crippen LogP contribution is 2.47. The van der Waals surface area contributed by atoms with Crippen LogP contribution in [-0.2, 0) is 11.3 Å². The number of halogens is 5. The highest BCUT2D eigenvalue weighted by Gasteiger charge is 2.46. The number of aliphatic imine (C=N–C) groups is 1. The summed E-state index contributed by atoms with van der Waals surface area (Å²) in [5.41, 5.74) is -1.60. The number of nitrogens with zero attached hydrogens (tertiary/aromatic N) is 7. The van der Waals surface area contributed by atoms with Crippen LogP contribution in [0.2, 0.25) is 0 Å². The van der Waals surface area contributed by atoms with Gasteiger partial charge in [0.05, 0.1) is 17.2 Å². The average molecular weight is 488 g/mol. The van der Waals surface area contributed by atoms with Gasteiger partial charge in [0.25, 0.3) is 11.9 Å². The van der Waals surface area contributed by atoms with Crippen molar-refractivity contribution < 1.29 is 22.0 Å². The Bertz CT molecular complexity index is 1340. The maximum atomic E-state index is 13.8. The molecule has 0 bridgehead atoms. The van der Waals surface area contributed by atoms with Crippen molar-refractivity contribution in [2.75, 3.05) is 5.32 Å². The molecule has 1 N–H and O–H groups in total. The molecule has 0 aromatic carbocycles. The van der Waals surface area contributed by atoms with E-state index in [-0.39, 0.29) is 17.5 Å². The third-order valence-electron chi connectivity index (χ3n) is 5.20. The lowest BCUT2D eigenvalue weighted by molar-refractivity contribution is -0.0591. The van der Waals surface area contributed by atoms with Crippen LogP contribution in [-0.4, -0.2) is 36.8 Å². The fourth-order valence-corrected chi connectivity index (χ4v) is 3.05. The summed E-state index contributed by atoms with van der Waals surface area (Å²) in [6.07, 6.45) is -1.93. The number of nitrogens with one attached hydrogen (secondary N) is 1. The lowest BCUT2D eigenvalue weighted by Gasteiger charge is -2.12. The molecular weight excluding hydrogens is 471 g/mol. The minimum absolute atomic E-state index is 0.104. The van der Waals surface area contributed by atoms with Crippen LogP contribution in [0.1, 0.15) is 38.1 Å². The number of alkyl halides is 5. The molecule has 0 amide bonds. The largest absolute Gasteiger partial charge is 0.429 e. The number of anilines is 2. The first kappa shape index (κ1) is 24.1. The van der Waals surface area contributed by atoms with Crippen molar-refractivity contribution in [3.8, 4) is 17.6 Å². The molecule has 1 fully saturated rings. The minimum atomic E-state index is -4.72. The van der Waals surface area contributed by atoms with Crippen LogP contribution in [0.4, 0.5) is 39.5 Å². The maximum Gasteiger partial charge on any atom is 0.429 e. The van der Waals surface area contributed by atoms with Crippen molar-refractivity contribution in [2.45, 2.75) is 44.2 Å². The van der Waals surface area contributed by atoms with Crippen LogP contribution < -0.4 is 5.32 Å². The van der Waals surface area contributed by atoms with Crippen molar-refractivity contribution in [2.24, 2.45) is 4.99 Å². The smallest absolute Gasteiger partial charge is 0.324 e. The number of nitriles is 1. The molecule has 1 aliphatic rings. The fraction of sp³-hybridized carbons (Fsp3) is 0.318. The Morgan fingerprint density at radius 1 is 1.09 bits per heavy atom. The minimum Gasteiger partial charge on any atom is -0.324 e. The first-order valence-corrected chi connectivity index (χ1v) is 10.3. The molecule has 0 spiro atoms. The summed E-state index contributed by atoms with van der Waals surface area (Å²) in [7, 11) is 0. The molecule has 3 aromatic rings. The second-order valence-electron chi connectivity index (χ2n) is 8.02. The predicted octanol–water partition coefficient (Wildman–Crippen LogP) is 5.39. The molecule has 35 heavy (non-hydrogen) atoms. The molecular formula is C22H17F5N8. The zero-order valence-electron chi connectivity index (χ0n) is 18.4. The van der Waals surface area contributed by atoms with Gasteiger partial charge < -0.3 is 5.32 Å². The molecule has 1 saturated carbocycles. The lowest BCUT2D eigenvalue weighted by Crippen LogP contribution is -2.19. The van der Waals surface area contributed by atoms with Crippen molar-refractivity contribution in [1.82, 2.24) is 24.9 Å². The first-order chi connectivity index (χ1) is 16.4. The van der Waals surface area contributed by atoms with E-state index in [0.29, 0.717) is 31.1 Å². The third-order valence-corrected chi connectivity index (χ3v) is 5.20. The molecule has 3 heterocycles. The summed E-state index contributed by atoms with van der Waals surface area (Å²) >= 11 is 0. The Hall–Kier alpha value is -4.08. The Morgan fingerprint density at radius 2 is 1.83 bits per heavy atom. The zero-order valence-corrected chi connectivity index (χ0v) is 18.4. The standard InChI is InChI=1S/C22H17F5N8/c1-12(22(25,26)27)30-18-33-17(14-4-3-5-15(32-14)20(2,23)24)34-19(35-18)31-13-6-9-29-16(10-13)21(11-28)7-8-21/h3-6,9-10H,7-8H2,1-2H3,(H,29,31,33,34,35). The van der Waals surface area contributed by atoms with Crippen LogP contribution in [0.15, 0.2) is 41.5 Å². The summed E-state index contributed by atoms with van der Waals surface area (Å²) in [6, 6.07) is 9.15. The van der Waals surface area contributed by atoms with Gasteiger partial charge in [-0.05, 0) is 44.0 Å². The molecule has 180 valence electrons. The summed E-state index contributed by atoms with van der Waals surface area (Å²) < 4.78 is 66.6. The predicted molar refractivity (Wildman–Crippen MR) is 115 cm³/mol. The Kier molecular flexibility index (Phi) is 5.92. The third kappa shape index (κ3) is 5.37. The topological polar surface area (TPSA) is 113 Å². The normalized spacial score (nSPS) is 15.4. The zero-order chi connectivity index (χ0) is 25.4. The van der Waals surface area contributed by atoms with Gasteiger partial charge in [0.2, 0.25) is 5.95 Å². The number of pyridine rings is 2. The lowest BCUT2D eigenvalue weighted by atomic mass is 10.0. The molecule has 0 radical (unpaired) electrons. The van der Waals surface area contributed by atoms with E-state index in [1.807, 2.05) is 0 Å². The number of hydrogen-bond acceptors (Lipinski definition) is 8. The average Bonchev–Trinajstić information content (AvgIpc) is 3.59. The molecule has 0 unspecified atom stereocenters. The van der Waals surface area contributed by atoms with Gasteiger partial charge >= 0.3 is 6.18 Å². The van der Waals surface area contributed by atoms with E-state index >= 15 is 0 Å². The monoisotopic (exact) mass is 488 g/mol. The van der Waals surface area contributed by atoms with E-state index in [1.165, 1.54) is 18.3 Å². The molecule has 4 rings (SSSR count). The highest BCUT2D eigenvalue weighted by molar-refractivity contribution is 5.89. The van der Waals surface area contributed by atoms with Crippen molar-refractivity contribution in [3.05, 3.63) is 47.9 Å². The van der Waals surface area contributed by atoms with Crippen LogP contribution >= 0.6 is 0 Å². The molecule has 13 heteroatoms. The summed E-state index contributed by atoms with van der Waals surface area (Å²) in [5.74, 6) is -4.30. The second-order valence-corrected chi connectivity index (χ2v) is 8.02. The van der Waals surface area contributed by atoms with E-state index in [2.05, 4.69) is 41.3 Å². The molecule has 0 aliphatic heterocycles. The molecule has 0 atom stereocenters. The summed E-state index contributed by atoms with van der Waals surface area (Å²) in [6.45, 7) is 1.41. The Labute approximate surface area is 196 Å². The highest BCUT2D eigenvalue weighted by atomic mass is 19.4. The Morgan fingerprint density at radius 3 is 2.46 bits per heavy atom. The van der Waals surface area contributed by atoms with Gasteiger partial charge in [-0.15, -0.1) is 0 Å². The van der Waals surface area contributed by atoms with E-state index in [4.69, 9.17) is 0 Å². The van der Waals surface area contributed by atoms with Gasteiger partial charge in [0.15, 0.2) is 5.82 Å². The number of hydrogen-bond donors (Lipinski definition) is 1. The van der Waals surface area contributed by atoms with E-state index in [0.717, 1.165) is 13.0 Å². The van der Waals surface area contributed by atoms with Crippen molar-refractivity contribution in [1.29, 1.82) is 5.26 Å². The fourth-order valence-electron chi connectivity index (χ4n) is 3.05. The number of rotatable bonds is 6. The van der Waals surface area contributed by atoms with Crippen LogP contribution in [0.5, 0.6) is 0 Å². The van der Waals surface area contributed by atoms with Crippen LogP contribution in [0, 0.1) is 11.3 Å². The molecule has 8 nitrogen and oxygen atoms in total. The van der Waals surface area contributed by atoms with Crippen molar-refractivity contribution in [3.63, 3.8) is 0 Å². The maximum absolute atomic E-state index is 13.8. The second kappa shape index (κ2) is 8.61. The van der Waals surface area contributed by atoms with Gasteiger partial charge in [-0.25, -0.2) is 9.98 Å². The van der Waals surface area contributed by atoms with E-state index in [1.54, 1.807) is 12.1 Å². The Balaban J connectivity index is 1.77. The molecule has 3 aromatic heterocycles. The SMILES string of the molecule is CC(=Nc1nc(Nc2ccnc(C3(C#N)CC3)c2)nc(-c2cccc(C(C)(F)F)n2)n1)C(F)(F)F. The van der Waals surface area contributed by atoms with Crippen LogP contribution in [0.3, 0.4) is 0 Å². The van der Waals surface area contributed by atoms with Gasteiger partial charge in [-0.2, -0.15) is 42.2 Å². The van der Waals surface area contributed by atoms with Gasteiger partial charge in [0, 0.05) is 18.8 Å². The first-order valence-electron chi connectivity index (χ1n) is 10.3. The molecule has 1 aliphatic carbocycles. The number of aromatic nitrogens is 5. The quantitative estimate of drug-likeness (QED) is 0.365. The summed E-state index contributed by atoms with van der Waals surface area (Å²) in [5, 5.41) is 12.2. The molecule has 0 saturated heterocycles. The van der Waals surface area contributed by atoms with Crippen molar-refractivity contribution >= 4 is 23.3 Å².